The molecule has 30 heavy (non-hydrogen) atoms. The largest absolute Gasteiger partial charge is 0.416 e. The maximum absolute atomic E-state index is 13.1. The van der Waals surface area contributed by atoms with Crippen LogP contribution in [-0.2, 0) is 25.3 Å². The molecule has 1 amide bonds. The van der Waals surface area contributed by atoms with Crippen molar-refractivity contribution >= 4 is 5.91 Å². The van der Waals surface area contributed by atoms with Gasteiger partial charge in [0.25, 0.3) is 5.91 Å². The summed E-state index contributed by atoms with van der Waals surface area (Å²) in [5, 5.41) is 2.78. The quantitative estimate of drug-likeness (QED) is 0.676. The third-order valence-electron chi connectivity index (χ3n) is 5.30. The number of fused-ring (bicyclic) bond motifs is 1. The van der Waals surface area contributed by atoms with E-state index in [4.69, 9.17) is 0 Å². The fourth-order valence-corrected chi connectivity index (χ4v) is 3.44. The molecule has 164 valence electrons. The second-order valence-electron chi connectivity index (χ2n) is 7.55. The van der Waals surface area contributed by atoms with Crippen molar-refractivity contribution in [2.75, 3.05) is 0 Å². The first-order valence-electron chi connectivity index (χ1n) is 9.54. The van der Waals surface area contributed by atoms with Crippen molar-refractivity contribution < 1.29 is 31.1 Å². The van der Waals surface area contributed by atoms with Gasteiger partial charge >= 0.3 is 12.4 Å². The Bertz CT molecular complexity index is 899. The van der Waals surface area contributed by atoms with Gasteiger partial charge in [-0.2, -0.15) is 26.3 Å². The lowest BCUT2D eigenvalue weighted by atomic mass is 9.89. The van der Waals surface area contributed by atoms with E-state index in [2.05, 4.69) is 10.3 Å². The van der Waals surface area contributed by atoms with Crippen LogP contribution in [0, 0.1) is 0 Å². The fraction of sp³-hybridized carbons (Fsp3) is 0.500. The number of halogens is 6. The molecule has 0 fully saturated rings. The summed E-state index contributed by atoms with van der Waals surface area (Å²) >= 11 is 0. The third kappa shape index (κ3) is 4.79. The Morgan fingerprint density at radius 3 is 2.30 bits per heavy atom. The number of nitrogens with zero attached hydrogens (tertiary/aromatic N) is 2. The Morgan fingerprint density at radius 1 is 1.17 bits per heavy atom. The van der Waals surface area contributed by atoms with Crippen LogP contribution >= 0.6 is 0 Å². The van der Waals surface area contributed by atoms with E-state index in [1.54, 1.807) is 4.57 Å². The predicted molar refractivity (Wildman–Crippen MR) is 97.0 cm³/mol. The molecule has 0 unspecified atom stereocenters. The molecule has 2 atom stereocenters. The number of hydrogen-bond donors (Lipinski definition) is 1. The molecule has 1 aliphatic heterocycles. The van der Waals surface area contributed by atoms with Gasteiger partial charge in [0.05, 0.1) is 11.1 Å². The van der Waals surface area contributed by atoms with E-state index in [9.17, 15) is 31.1 Å². The Kier molecular flexibility index (Phi) is 5.88. The Hall–Kier alpha value is -2.52. The van der Waals surface area contributed by atoms with Crippen molar-refractivity contribution in [3.63, 3.8) is 0 Å². The first-order valence-corrected chi connectivity index (χ1v) is 9.54. The minimum Gasteiger partial charge on any atom is -0.348 e. The minimum atomic E-state index is -4.88. The molecular weight excluding hydrogens is 412 g/mol. The van der Waals surface area contributed by atoms with Gasteiger partial charge in [0.2, 0.25) is 0 Å². The number of aromatic nitrogens is 2. The Morgan fingerprint density at radius 2 is 1.77 bits per heavy atom. The van der Waals surface area contributed by atoms with Crippen LogP contribution < -0.4 is 5.32 Å². The van der Waals surface area contributed by atoms with Gasteiger partial charge in [-0.1, -0.05) is 6.92 Å². The molecule has 2 aromatic rings. The van der Waals surface area contributed by atoms with Crippen LogP contribution in [0.25, 0.3) is 0 Å². The number of rotatable bonds is 4. The van der Waals surface area contributed by atoms with Gasteiger partial charge in [-0.05, 0) is 43.5 Å². The zero-order valence-electron chi connectivity index (χ0n) is 16.4. The summed E-state index contributed by atoms with van der Waals surface area (Å²) in [4.78, 5) is 16.5. The summed E-state index contributed by atoms with van der Waals surface area (Å²) in [7, 11) is 0. The molecule has 1 aliphatic rings. The highest BCUT2D eigenvalue weighted by Gasteiger charge is 2.38. The highest BCUT2D eigenvalue weighted by Crippen LogP contribution is 2.39. The summed E-state index contributed by atoms with van der Waals surface area (Å²) in [6, 6.07) is 1.64. The number of hydrogen-bond acceptors (Lipinski definition) is 2. The average Bonchev–Trinajstić information content (AvgIpc) is 3.09. The van der Waals surface area contributed by atoms with E-state index in [0.717, 1.165) is 18.6 Å². The summed E-state index contributed by atoms with van der Waals surface area (Å²) in [6.45, 7) is 3.91. The second-order valence-corrected chi connectivity index (χ2v) is 7.55. The van der Waals surface area contributed by atoms with Crippen molar-refractivity contribution in [3.8, 4) is 0 Å². The Labute approximate surface area is 169 Å². The average molecular weight is 433 g/mol. The van der Waals surface area contributed by atoms with E-state index in [1.807, 2.05) is 13.8 Å². The monoisotopic (exact) mass is 433 g/mol. The summed E-state index contributed by atoms with van der Waals surface area (Å²) < 4.78 is 80.5. The molecule has 0 bridgehead atoms. The zero-order valence-corrected chi connectivity index (χ0v) is 16.4. The Balaban J connectivity index is 1.89. The molecule has 0 saturated carbocycles. The number of benzene rings is 1. The van der Waals surface area contributed by atoms with Crippen molar-refractivity contribution in [1.82, 2.24) is 14.9 Å². The van der Waals surface area contributed by atoms with E-state index in [-0.39, 0.29) is 35.8 Å². The third-order valence-corrected chi connectivity index (χ3v) is 5.30. The van der Waals surface area contributed by atoms with E-state index in [1.165, 1.54) is 6.20 Å². The molecule has 4 nitrogen and oxygen atoms in total. The predicted octanol–water partition coefficient (Wildman–Crippen LogP) is 5.18. The molecule has 10 heteroatoms. The van der Waals surface area contributed by atoms with Gasteiger partial charge in [-0.3, -0.25) is 4.79 Å². The van der Waals surface area contributed by atoms with Gasteiger partial charge in [-0.15, -0.1) is 0 Å². The van der Waals surface area contributed by atoms with Gasteiger partial charge < -0.3 is 9.88 Å². The molecular formula is C20H21F6N3O. The zero-order chi connectivity index (χ0) is 22.3. The molecule has 1 aromatic carbocycles. The van der Waals surface area contributed by atoms with E-state index in [0.29, 0.717) is 18.7 Å². The van der Waals surface area contributed by atoms with Gasteiger partial charge in [0.1, 0.15) is 11.5 Å². The van der Waals surface area contributed by atoms with Gasteiger partial charge in [-0.25, -0.2) is 4.98 Å². The lowest BCUT2D eigenvalue weighted by Gasteiger charge is -2.25. The molecule has 2 heterocycles. The molecule has 3 rings (SSSR count). The van der Waals surface area contributed by atoms with E-state index >= 15 is 0 Å². The smallest absolute Gasteiger partial charge is 0.348 e. The van der Waals surface area contributed by atoms with Gasteiger partial charge in [0.15, 0.2) is 0 Å². The number of aryl methyl sites for hydroxylation is 1. The van der Waals surface area contributed by atoms with Crippen molar-refractivity contribution in [3.05, 3.63) is 52.6 Å². The maximum atomic E-state index is 13.1. The summed E-state index contributed by atoms with van der Waals surface area (Å²) in [5.41, 5.74) is -2.48. The van der Waals surface area contributed by atoms with Crippen molar-refractivity contribution in [1.29, 1.82) is 0 Å². The fourth-order valence-electron chi connectivity index (χ4n) is 3.44. The number of carbonyl (C=O) groups is 1. The van der Waals surface area contributed by atoms with Crippen LogP contribution in [0.15, 0.2) is 24.4 Å². The lowest BCUT2D eigenvalue weighted by molar-refractivity contribution is -0.143. The molecule has 0 saturated heterocycles. The highest BCUT2D eigenvalue weighted by molar-refractivity contribution is 5.92. The second kappa shape index (κ2) is 7.96. The van der Waals surface area contributed by atoms with E-state index < -0.39 is 29.4 Å². The van der Waals surface area contributed by atoms with Gasteiger partial charge in [0, 0.05) is 31.1 Å². The number of nitrogens with one attached hydrogen (secondary N) is 1. The van der Waals surface area contributed by atoms with Crippen molar-refractivity contribution in [2.45, 2.75) is 64.0 Å². The summed E-state index contributed by atoms with van der Waals surface area (Å²) in [6.07, 6.45) is -6.85. The van der Waals surface area contributed by atoms with Crippen LogP contribution in [0.4, 0.5) is 26.3 Å². The SMILES string of the molecule is CC[C@H](C)NC(=O)c1cn2c(n1)CC[C@@H](c1cc(C(F)(F)F)cc(C(F)(F)F)c1)C2. The number of alkyl halides is 6. The van der Waals surface area contributed by atoms with Crippen molar-refractivity contribution in [2.24, 2.45) is 0 Å². The van der Waals surface area contributed by atoms with Crippen LogP contribution in [0.5, 0.6) is 0 Å². The maximum Gasteiger partial charge on any atom is 0.416 e. The highest BCUT2D eigenvalue weighted by atomic mass is 19.4. The number of imidazole rings is 1. The van der Waals surface area contributed by atoms with Crippen LogP contribution in [0.2, 0.25) is 0 Å². The topological polar surface area (TPSA) is 46.9 Å². The number of amides is 1. The molecule has 1 N–H and O–H groups in total. The van der Waals surface area contributed by atoms with Crippen LogP contribution in [0.1, 0.15) is 65.6 Å². The first kappa shape index (κ1) is 22.2. The molecule has 0 aliphatic carbocycles. The minimum absolute atomic E-state index is 0.0258. The normalized spacial score (nSPS) is 18.1. The first-order chi connectivity index (χ1) is 13.9. The molecule has 0 spiro atoms. The molecule has 0 radical (unpaired) electrons. The lowest BCUT2D eigenvalue weighted by Crippen LogP contribution is -2.32. The summed E-state index contributed by atoms with van der Waals surface area (Å²) in [5.74, 6) is -0.328. The van der Waals surface area contributed by atoms with Crippen LogP contribution in [-0.4, -0.2) is 21.5 Å². The molecule has 1 aromatic heterocycles. The standard InChI is InChI=1S/C20H21F6N3O/c1-3-11(2)27-18(30)16-10-29-9-12(4-5-17(29)28-16)13-6-14(19(21,22)23)8-15(7-13)20(24,25)26/h6-8,10-12H,3-5,9H2,1-2H3,(H,27,30)/t11-,12+/m0/s1. The number of carbonyl (C=O) groups excluding carboxylic acids is 1. The van der Waals surface area contributed by atoms with Crippen LogP contribution in [0.3, 0.4) is 0 Å².